The molecular weight excluding hydrogens is 254 g/mol. The highest BCUT2D eigenvalue weighted by Crippen LogP contribution is 2.17. The first kappa shape index (κ1) is 14.8. The molecule has 0 aliphatic carbocycles. The molecule has 1 heterocycles. The maximum Gasteiger partial charge on any atom is 0.253 e. The summed E-state index contributed by atoms with van der Waals surface area (Å²) in [6.45, 7) is 4.88. The predicted octanol–water partition coefficient (Wildman–Crippen LogP) is 0.815. The second-order valence-corrected chi connectivity index (χ2v) is 4.98. The molecule has 1 aromatic rings. The number of morpholine rings is 1. The van der Waals surface area contributed by atoms with Crippen LogP contribution in [0, 0.1) is 0 Å². The maximum absolute atomic E-state index is 12.2. The van der Waals surface area contributed by atoms with Crippen molar-refractivity contribution in [3.63, 3.8) is 0 Å². The average molecular weight is 277 g/mol. The molecule has 1 aromatic carbocycles. The van der Waals surface area contributed by atoms with Gasteiger partial charge in [-0.3, -0.25) is 4.79 Å². The Balaban J connectivity index is 1.98. The number of amides is 1. The second kappa shape index (κ2) is 7.26. The third-order valence-corrected chi connectivity index (χ3v) is 3.53. The lowest BCUT2D eigenvalue weighted by Crippen LogP contribution is -2.36. The Morgan fingerprint density at radius 2 is 1.95 bits per heavy atom. The van der Waals surface area contributed by atoms with Crippen LogP contribution in [-0.2, 0) is 4.74 Å². The van der Waals surface area contributed by atoms with Gasteiger partial charge in [0, 0.05) is 44.5 Å². The number of hydrogen-bond donors (Lipinski definition) is 1. The highest BCUT2D eigenvalue weighted by molar-refractivity contribution is 5.94. The lowest BCUT2D eigenvalue weighted by atomic mass is 10.1. The number of rotatable bonds is 5. The van der Waals surface area contributed by atoms with E-state index in [0.29, 0.717) is 6.54 Å². The summed E-state index contributed by atoms with van der Waals surface area (Å²) in [6.07, 6.45) is 0. The summed E-state index contributed by atoms with van der Waals surface area (Å²) in [5.74, 6) is 0.0637. The van der Waals surface area contributed by atoms with Crippen LogP contribution >= 0.6 is 0 Å². The molecule has 1 amide bonds. The van der Waals surface area contributed by atoms with Gasteiger partial charge in [-0.1, -0.05) is 0 Å². The minimum Gasteiger partial charge on any atom is -0.378 e. The number of likely N-dealkylation sites (N-methyl/N-ethyl adjacent to an activating group) is 2. The van der Waals surface area contributed by atoms with Crippen molar-refractivity contribution in [3.05, 3.63) is 29.8 Å². The van der Waals surface area contributed by atoms with Crippen LogP contribution < -0.4 is 10.2 Å². The van der Waals surface area contributed by atoms with Gasteiger partial charge in [0.1, 0.15) is 0 Å². The van der Waals surface area contributed by atoms with E-state index < -0.39 is 0 Å². The standard InChI is InChI=1S/C15H23N3O2/c1-16-7-8-17(2)15(19)13-3-5-14(6-4-13)18-9-11-20-12-10-18/h3-6,16H,7-12H2,1-2H3. The van der Waals surface area contributed by atoms with E-state index in [9.17, 15) is 4.79 Å². The molecule has 0 unspecified atom stereocenters. The van der Waals surface area contributed by atoms with Gasteiger partial charge in [0.15, 0.2) is 0 Å². The molecule has 20 heavy (non-hydrogen) atoms. The normalized spacial score (nSPS) is 15.2. The van der Waals surface area contributed by atoms with Crippen molar-refractivity contribution in [2.45, 2.75) is 0 Å². The van der Waals surface area contributed by atoms with Crippen molar-refractivity contribution < 1.29 is 9.53 Å². The van der Waals surface area contributed by atoms with E-state index >= 15 is 0 Å². The highest BCUT2D eigenvalue weighted by Gasteiger charge is 2.14. The van der Waals surface area contributed by atoms with Gasteiger partial charge in [-0.05, 0) is 31.3 Å². The molecule has 2 rings (SSSR count). The van der Waals surface area contributed by atoms with Crippen LogP contribution in [0.15, 0.2) is 24.3 Å². The Hall–Kier alpha value is -1.59. The molecule has 1 aliphatic heterocycles. The van der Waals surface area contributed by atoms with Crippen molar-refractivity contribution in [3.8, 4) is 0 Å². The Morgan fingerprint density at radius 1 is 1.30 bits per heavy atom. The van der Waals surface area contributed by atoms with Crippen LogP contribution in [0.25, 0.3) is 0 Å². The van der Waals surface area contributed by atoms with Crippen LogP contribution in [0.3, 0.4) is 0 Å². The molecule has 0 spiro atoms. The number of hydrogen-bond acceptors (Lipinski definition) is 4. The van der Waals surface area contributed by atoms with Crippen molar-refractivity contribution in [2.24, 2.45) is 0 Å². The molecule has 1 saturated heterocycles. The smallest absolute Gasteiger partial charge is 0.253 e. The topological polar surface area (TPSA) is 44.8 Å². The van der Waals surface area contributed by atoms with E-state index in [1.165, 1.54) is 0 Å². The summed E-state index contributed by atoms with van der Waals surface area (Å²) in [5.41, 5.74) is 1.89. The second-order valence-electron chi connectivity index (χ2n) is 4.98. The molecule has 5 heteroatoms. The summed E-state index contributed by atoms with van der Waals surface area (Å²) in [7, 11) is 3.71. The summed E-state index contributed by atoms with van der Waals surface area (Å²) in [4.78, 5) is 16.2. The third-order valence-electron chi connectivity index (χ3n) is 3.53. The SMILES string of the molecule is CNCCN(C)C(=O)c1ccc(N2CCOCC2)cc1. The zero-order chi connectivity index (χ0) is 14.4. The number of ether oxygens (including phenoxy) is 1. The van der Waals surface area contributed by atoms with Crippen LogP contribution in [-0.4, -0.2) is 64.3 Å². The summed E-state index contributed by atoms with van der Waals surface area (Å²) in [6, 6.07) is 7.85. The number of carbonyl (C=O) groups is 1. The molecule has 0 atom stereocenters. The first-order valence-electron chi connectivity index (χ1n) is 7.05. The fourth-order valence-electron chi connectivity index (χ4n) is 2.24. The lowest BCUT2D eigenvalue weighted by molar-refractivity contribution is 0.0797. The fraction of sp³-hybridized carbons (Fsp3) is 0.533. The van der Waals surface area contributed by atoms with Crippen molar-refractivity contribution in [2.75, 3.05) is 58.4 Å². The summed E-state index contributed by atoms with van der Waals surface area (Å²) in [5, 5.41) is 3.04. The highest BCUT2D eigenvalue weighted by atomic mass is 16.5. The zero-order valence-electron chi connectivity index (χ0n) is 12.3. The fourth-order valence-corrected chi connectivity index (χ4v) is 2.24. The van der Waals surface area contributed by atoms with E-state index in [-0.39, 0.29) is 5.91 Å². The van der Waals surface area contributed by atoms with Crippen LogP contribution in [0.5, 0.6) is 0 Å². The molecule has 0 aromatic heterocycles. The molecule has 1 fully saturated rings. The van der Waals surface area contributed by atoms with Crippen LogP contribution in [0.2, 0.25) is 0 Å². The Kier molecular flexibility index (Phi) is 5.38. The summed E-state index contributed by atoms with van der Waals surface area (Å²) < 4.78 is 5.34. The molecule has 5 nitrogen and oxygen atoms in total. The summed E-state index contributed by atoms with van der Waals surface area (Å²) >= 11 is 0. The lowest BCUT2D eigenvalue weighted by Gasteiger charge is -2.29. The maximum atomic E-state index is 12.2. The van der Waals surface area contributed by atoms with Gasteiger partial charge in [-0.25, -0.2) is 0 Å². The molecule has 0 saturated carbocycles. The number of benzene rings is 1. The van der Waals surface area contributed by atoms with Gasteiger partial charge in [-0.2, -0.15) is 0 Å². The van der Waals surface area contributed by atoms with Crippen molar-refractivity contribution in [1.82, 2.24) is 10.2 Å². The van der Waals surface area contributed by atoms with Gasteiger partial charge >= 0.3 is 0 Å². The molecule has 0 bridgehead atoms. The number of carbonyl (C=O) groups excluding carboxylic acids is 1. The molecule has 1 N–H and O–H groups in total. The predicted molar refractivity (Wildman–Crippen MR) is 80.4 cm³/mol. The number of nitrogens with one attached hydrogen (secondary N) is 1. The first-order chi connectivity index (χ1) is 9.72. The number of anilines is 1. The van der Waals surface area contributed by atoms with Crippen LogP contribution in [0.4, 0.5) is 5.69 Å². The van der Waals surface area contributed by atoms with E-state index in [0.717, 1.165) is 44.1 Å². The molecular formula is C15H23N3O2. The Bertz CT molecular complexity index is 427. The van der Waals surface area contributed by atoms with Gasteiger partial charge in [-0.15, -0.1) is 0 Å². The van der Waals surface area contributed by atoms with E-state index in [2.05, 4.69) is 10.2 Å². The van der Waals surface area contributed by atoms with Crippen molar-refractivity contribution >= 4 is 11.6 Å². The van der Waals surface area contributed by atoms with E-state index in [1.54, 1.807) is 4.90 Å². The Morgan fingerprint density at radius 3 is 2.55 bits per heavy atom. The van der Waals surface area contributed by atoms with Gasteiger partial charge in [0.05, 0.1) is 13.2 Å². The monoisotopic (exact) mass is 277 g/mol. The average Bonchev–Trinajstić information content (AvgIpc) is 2.53. The van der Waals surface area contributed by atoms with Crippen LogP contribution in [0.1, 0.15) is 10.4 Å². The molecule has 110 valence electrons. The molecule has 0 radical (unpaired) electrons. The van der Waals surface area contributed by atoms with Gasteiger partial charge in [0.2, 0.25) is 0 Å². The van der Waals surface area contributed by atoms with Gasteiger partial charge in [0.25, 0.3) is 5.91 Å². The minimum atomic E-state index is 0.0637. The zero-order valence-corrected chi connectivity index (χ0v) is 12.3. The molecule has 1 aliphatic rings. The quantitative estimate of drug-likeness (QED) is 0.865. The first-order valence-corrected chi connectivity index (χ1v) is 7.05. The van der Waals surface area contributed by atoms with Gasteiger partial charge < -0.3 is 19.9 Å². The largest absolute Gasteiger partial charge is 0.378 e. The van der Waals surface area contributed by atoms with E-state index in [1.807, 2.05) is 38.4 Å². The van der Waals surface area contributed by atoms with Crippen molar-refractivity contribution in [1.29, 1.82) is 0 Å². The third kappa shape index (κ3) is 3.71. The van der Waals surface area contributed by atoms with E-state index in [4.69, 9.17) is 4.74 Å². The Labute approximate surface area is 120 Å². The minimum absolute atomic E-state index is 0.0637. The number of nitrogens with zero attached hydrogens (tertiary/aromatic N) is 2.